The summed E-state index contributed by atoms with van der Waals surface area (Å²) < 4.78 is 5.43. The molecule has 3 N–H and O–H groups in total. The number of hydrogen-bond donors (Lipinski definition) is 2. The first-order chi connectivity index (χ1) is 16.0. The van der Waals surface area contributed by atoms with E-state index in [4.69, 9.17) is 21.8 Å². The molecule has 5 aromatic rings. The number of fused-ring (bicyclic) bond motifs is 1. The van der Waals surface area contributed by atoms with Gasteiger partial charge in [-0.3, -0.25) is 0 Å². The Morgan fingerprint density at radius 3 is 2.67 bits per heavy atom. The first-order valence-electron chi connectivity index (χ1n) is 10.5. The second-order valence-electron chi connectivity index (χ2n) is 7.69. The van der Waals surface area contributed by atoms with Gasteiger partial charge in [-0.05, 0) is 42.7 Å². The van der Waals surface area contributed by atoms with E-state index in [0.717, 1.165) is 52.1 Å². The van der Waals surface area contributed by atoms with Crippen LogP contribution in [0.25, 0.3) is 33.4 Å². The molecule has 0 spiro atoms. The van der Waals surface area contributed by atoms with Crippen molar-refractivity contribution in [1.29, 1.82) is 0 Å². The average Bonchev–Trinajstić information content (AvgIpc) is 3.19. The quantitative estimate of drug-likeness (QED) is 0.345. The number of aromatic nitrogens is 4. The van der Waals surface area contributed by atoms with Gasteiger partial charge in [0.15, 0.2) is 0 Å². The Hall–Kier alpha value is -3.97. The number of nitrogens with two attached hydrogens (primary N) is 1. The Kier molecular flexibility index (Phi) is 5.62. The van der Waals surface area contributed by atoms with Gasteiger partial charge in [0, 0.05) is 41.5 Å². The van der Waals surface area contributed by atoms with Crippen molar-refractivity contribution in [3.05, 3.63) is 83.6 Å². The Labute approximate surface area is 195 Å². The van der Waals surface area contributed by atoms with Gasteiger partial charge in [0.1, 0.15) is 23.5 Å². The summed E-state index contributed by atoms with van der Waals surface area (Å²) in [5.41, 5.74) is 11.3. The summed E-state index contributed by atoms with van der Waals surface area (Å²) in [7, 11) is 0. The lowest BCUT2D eigenvalue weighted by atomic mass is 10.0. The molecule has 0 fully saturated rings. The van der Waals surface area contributed by atoms with Crippen LogP contribution in [0.2, 0.25) is 5.02 Å². The van der Waals surface area contributed by atoms with Crippen LogP contribution < -0.4 is 11.1 Å². The summed E-state index contributed by atoms with van der Waals surface area (Å²) >= 11 is 6.23. The summed E-state index contributed by atoms with van der Waals surface area (Å²) in [5.74, 6) is 1.74. The van der Waals surface area contributed by atoms with Gasteiger partial charge in [0.25, 0.3) is 0 Å². The van der Waals surface area contributed by atoms with E-state index in [1.807, 2.05) is 43.3 Å². The van der Waals surface area contributed by atoms with Crippen molar-refractivity contribution in [1.82, 2.24) is 19.9 Å². The van der Waals surface area contributed by atoms with Crippen LogP contribution in [0.1, 0.15) is 11.4 Å². The van der Waals surface area contributed by atoms with Crippen LogP contribution in [0.15, 0.2) is 71.6 Å². The van der Waals surface area contributed by atoms with Gasteiger partial charge in [0.2, 0.25) is 5.95 Å². The van der Waals surface area contributed by atoms with Crippen LogP contribution in [0, 0.1) is 6.92 Å². The molecule has 3 aromatic heterocycles. The number of halogens is 1. The van der Waals surface area contributed by atoms with E-state index in [-0.39, 0.29) is 5.95 Å². The number of anilines is 2. The summed E-state index contributed by atoms with van der Waals surface area (Å²) in [6, 6.07) is 16.1. The molecule has 0 bridgehead atoms. The molecule has 2 aromatic carbocycles. The number of benzene rings is 2. The van der Waals surface area contributed by atoms with Crippen LogP contribution in [0.3, 0.4) is 0 Å². The Morgan fingerprint density at radius 1 is 0.970 bits per heavy atom. The Bertz CT molecular complexity index is 1430. The van der Waals surface area contributed by atoms with Crippen molar-refractivity contribution in [3.8, 4) is 22.4 Å². The molecule has 0 aliphatic heterocycles. The molecule has 8 heteroatoms. The highest BCUT2D eigenvalue weighted by atomic mass is 35.5. The standard InChI is InChI=1S/C25H21ClN6O/c1-15-31-22(18-5-6-23-20(10-18)21(26)14-33-23)11-24(32-15)28-8-7-16-3-2-4-17(9-16)19-12-29-25(27)30-13-19/h2-6,9-14H,7-8H2,1H3,(H2,27,29,30)(H,28,31,32). The highest BCUT2D eigenvalue weighted by molar-refractivity contribution is 6.35. The molecule has 164 valence electrons. The molecule has 0 atom stereocenters. The van der Waals surface area contributed by atoms with Crippen LogP contribution in [-0.4, -0.2) is 26.5 Å². The topological polar surface area (TPSA) is 103 Å². The third kappa shape index (κ3) is 4.63. The summed E-state index contributed by atoms with van der Waals surface area (Å²) in [6.07, 6.45) is 5.85. The van der Waals surface area contributed by atoms with Crippen molar-refractivity contribution in [3.63, 3.8) is 0 Å². The lowest BCUT2D eigenvalue weighted by Crippen LogP contribution is -2.08. The number of aryl methyl sites for hydroxylation is 1. The van der Waals surface area contributed by atoms with E-state index < -0.39 is 0 Å². The van der Waals surface area contributed by atoms with E-state index in [1.165, 1.54) is 5.56 Å². The SMILES string of the molecule is Cc1nc(NCCc2cccc(-c3cnc(N)nc3)c2)cc(-c2ccc3occ(Cl)c3c2)n1. The molecule has 5 rings (SSSR count). The maximum Gasteiger partial charge on any atom is 0.219 e. The first-order valence-corrected chi connectivity index (χ1v) is 10.9. The fraction of sp³-hybridized carbons (Fsp3) is 0.120. The number of nitrogen functional groups attached to an aromatic ring is 1. The van der Waals surface area contributed by atoms with Crippen LogP contribution >= 0.6 is 11.6 Å². The minimum Gasteiger partial charge on any atom is -0.463 e. The Balaban J connectivity index is 1.30. The summed E-state index contributed by atoms with van der Waals surface area (Å²) in [4.78, 5) is 17.3. The minimum absolute atomic E-state index is 0.270. The van der Waals surface area contributed by atoms with Gasteiger partial charge in [-0.15, -0.1) is 0 Å². The third-order valence-electron chi connectivity index (χ3n) is 5.31. The number of rotatable bonds is 6. The molecule has 0 saturated heterocycles. The van der Waals surface area contributed by atoms with Crippen LogP contribution in [0.5, 0.6) is 0 Å². The molecule has 0 aliphatic rings. The van der Waals surface area contributed by atoms with Gasteiger partial charge >= 0.3 is 0 Å². The number of nitrogens with zero attached hydrogens (tertiary/aromatic N) is 4. The molecule has 0 aliphatic carbocycles. The lowest BCUT2D eigenvalue weighted by Gasteiger charge is -2.10. The monoisotopic (exact) mass is 456 g/mol. The number of hydrogen-bond acceptors (Lipinski definition) is 7. The second-order valence-corrected chi connectivity index (χ2v) is 8.09. The largest absolute Gasteiger partial charge is 0.463 e. The molecule has 0 amide bonds. The summed E-state index contributed by atoms with van der Waals surface area (Å²) in [6.45, 7) is 2.61. The van der Waals surface area contributed by atoms with Crippen molar-refractivity contribution < 1.29 is 4.42 Å². The van der Waals surface area contributed by atoms with Crippen molar-refractivity contribution >= 4 is 34.3 Å². The van der Waals surface area contributed by atoms with Crippen LogP contribution in [-0.2, 0) is 6.42 Å². The molecule has 0 saturated carbocycles. The van der Waals surface area contributed by atoms with E-state index in [9.17, 15) is 0 Å². The van der Waals surface area contributed by atoms with Gasteiger partial charge < -0.3 is 15.5 Å². The smallest absolute Gasteiger partial charge is 0.219 e. The minimum atomic E-state index is 0.270. The maximum atomic E-state index is 6.23. The normalized spacial score (nSPS) is 11.1. The Morgan fingerprint density at radius 2 is 1.82 bits per heavy atom. The molecule has 7 nitrogen and oxygen atoms in total. The van der Waals surface area contributed by atoms with E-state index >= 15 is 0 Å². The van der Waals surface area contributed by atoms with Crippen molar-refractivity contribution in [2.45, 2.75) is 13.3 Å². The molecule has 0 unspecified atom stereocenters. The molecular formula is C25H21ClN6O. The highest BCUT2D eigenvalue weighted by Crippen LogP contribution is 2.30. The average molecular weight is 457 g/mol. The van der Waals surface area contributed by atoms with Crippen LogP contribution in [0.4, 0.5) is 11.8 Å². The fourth-order valence-electron chi connectivity index (χ4n) is 3.69. The van der Waals surface area contributed by atoms with E-state index in [1.54, 1.807) is 18.7 Å². The van der Waals surface area contributed by atoms with Gasteiger partial charge in [0.05, 0.1) is 10.7 Å². The molecule has 0 radical (unpaired) electrons. The third-order valence-corrected chi connectivity index (χ3v) is 5.60. The molecule has 3 heterocycles. The van der Waals surface area contributed by atoms with Crippen molar-refractivity contribution in [2.75, 3.05) is 17.6 Å². The second kappa shape index (κ2) is 8.88. The van der Waals surface area contributed by atoms with Gasteiger partial charge in [-0.2, -0.15) is 0 Å². The van der Waals surface area contributed by atoms with Gasteiger partial charge in [-0.25, -0.2) is 19.9 Å². The highest BCUT2D eigenvalue weighted by Gasteiger charge is 2.09. The first kappa shape index (κ1) is 20.9. The molecular weight excluding hydrogens is 436 g/mol. The maximum absolute atomic E-state index is 6.23. The van der Waals surface area contributed by atoms with E-state index in [2.05, 4.69) is 37.4 Å². The van der Waals surface area contributed by atoms with Gasteiger partial charge in [-0.1, -0.05) is 35.9 Å². The number of furan rings is 1. The number of nitrogens with one attached hydrogen (secondary N) is 1. The summed E-state index contributed by atoms with van der Waals surface area (Å²) in [5, 5.41) is 4.87. The zero-order valence-electron chi connectivity index (χ0n) is 17.9. The molecule has 33 heavy (non-hydrogen) atoms. The predicted octanol–water partition coefficient (Wildman–Crippen LogP) is 5.55. The zero-order valence-corrected chi connectivity index (χ0v) is 18.7. The predicted molar refractivity (Wildman–Crippen MR) is 131 cm³/mol. The zero-order chi connectivity index (χ0) is 22.8. The fourth-order valence-corrected chi connectivity index (χ4v) is 3.88. The van der Waals surface area contributed by atoms with Crippen molar-refractivity contribution in [2.24, 2.45) is 0 Å². The lowest BCUT2D eigenvalue weighted by molar-refractivity contribution is 0.616. The van der Waals surface area contributed by atoms with E-state index in [0.29, 0.717) is 10.8 Å².